The van der Waals surface area contributed by atoms with Crippen LogP contribution in [-0.2, 0) is 6.42 Å². The molecule has 84 valence electrons. The van der Waals surface area contributed by atoms with Crippen LogP contribution in [0, 0.1) is 5.82 Å². The van der Waals surface area contributed by atoms with Crippen molar-refractivity contribution in [1.82, 2.24) is 5.32 Å². The molecule has 0 saturated carbocycles. The Morgan fingerprint density at radius 3 is 2.80 bits per heavy atom. The second-order valence-corrected chi connectivity index (χ2v) is 3.60. The van der Waals surface area contributed by atoms with Crippen molar-refractivity contribution < 1.29 is 9.13 Å². The van der Waals surface area contributed by atoms with E-state index in [1.54, 1.807) is 12.1 Å². The van der Waals surface area contributed by atoms with Crippen LogP contribution in [0.2, 0.25) is 0 Å². The summed E-state index contributed by atoms with van der Waals surface area (Å²) in [4.78, 5) is 0. The predicted octanol–water partition coefficient (Wildman–Crippen LogP) is 2.37. The van der Waals surface area contributed by atoms with Crippen molar-refractivity contribution in [2.75, 3.05) is 13.7 Å². The van der Waals surface area contributed by atoms with Gasteiger partial charge in [-0.15, -0.1) is 0 Å². The fraction of sp³-hybridized carbons (Fsp3) is 0.500. The summed E-state index contributed by atoms with van der Waals surface area (Å²) in [6, 6.07) is 5.52. The predicted molar refractivity (Wildman–Crippen MR) is 59.8 cm³/mol. The van der Waals surface area contributed by atoms with E-state index in [9.17, 15) is 4.39 Å². The van der Waals surface area contributed by atoms with Crippen molar-refractivity contribution >= 4 is 0 Å². The van der Waals surface area contributed by atoms with E-state index in [4.69, 9.17) is 4.74 Å². The maximum Gasteiger partial charge on any atom is 0.168 e. The monoisotopic (exact) mass is 211 g/mol. The number of hydrogen-bond donors (Lipinski definition) is 1. The minimum absolute atomic E-state index is 0.246. The van der Waals surface area contributed by atoms with Crippen molar-refractivity contribution in [3.8, 4) is 5.75 Å². The molecule has 0 aliphatic rings. The first-order valence-electron chi connectivity index (χ1n) is 5.23. The topological polar surface area (TPSA) is 21.3 Å². The Morgan fingerprint density at radius 1 is 1.47 bits per heavy atom. The second kappa shape index (κ2) is 5.71. The van der Waals surface area contributed by atoms with Crippen LogP contribution in [-0.4, -0.2) is 19.7 Å². The van der Waals surface area contributed by atoms with Crippen molar-refractivity contribution in [2.24, 2.45) is 0 Å². The maximum atomic E-state index is 13.7. The third kappa shape index (κ3) is 3.20. The highest BCUT2D eigenvalue weighted by molar-refractivity contribution is 5.31. The summed E-state index contributed by atoms with van der Waals surface area (Å²) in [5.41, 5.74) is 0.697. The highest BCUT2D eigenvalue weighted by Gasteiger charge is 2.10. The molecular weight excluding hydrogens is 193 g/mol. The lowest BCUT2D eigenvalue weighted by Gasteiger charge is -2.13. The van der Waals surface area contributed by atoms with Gasteiger partial charge in [0.2, 0.25) is 0 Å². The van der Waals surface area contributed by atoms with Crippen LogP contribution in [0.15, 0.2) is 18.2 Å². The van der Waals surface area contributed by atoms with Gasteiger partial charge < -0.3 is 10.1 Å². The summed E-state index contributed by atoms with van der Waals surface area (Å²) < 4.78 is 18.7. The summed E-state index contributed by atoms with van der Waals surface area (Å²) in [6.07, 6.45) is 0.677. The van der Waals surface area contributed by atoms with Crippen LogP contribution in [0.1, 0.15) is 19.4 Å². The molecule has 0 fully saturated rings. The number of rotatable bonds is 5. The summed E-state index contributed by atoms with van der Waals surface area (Å²) >= 11 is 0. The number of methoxy groups -OCH3 is 1. The molecule has 1 rings (SSSR count). The van der Waals surface area contributed by atoms with Gasteiger partial charge in [0.1, 0.15) is 0 Å². The average molecular weight is 211 g/mol. The molecule has 1 N–H and O–H groups in total. The number of nitrogens with one attached hydrogen (secondary N) is 1. The molecule has 15 heavy (non-hydrogen) atoms. The molecule has 0 amide bonds. The normalized spacial score (nSPS) is 12.5. The molecule has 0 bridgehead atoms. The summed E-state index contributed by atoms with van der Waals surface area (Å²) in [5.74, 6) is 0.0703. The Hall–Kier alpha value is -1.09. The highest BCUT2D eigenvalue weighted by Crippen LogP contribution is 2.20. The van der Waals surface area contributed by atoms with Gasteiger partial charge in [-0.1, -0.05) is 19.1 Å². The minimum Gasteiger partial charge on any atom is -0.494 e. The minimum atomic E-state index is -0.246. The van der Waals surface area contributed by atoms with Crippen molar-refractivity contribution in [3.05, 3.63) is 29.6 Å². The smallest absolute Gasteiger partial charge is 0.168 e. The summed E-state index contributed by atoms with van der Waals surface area (Å²) in [6.45, 7) is 4.98. The van der Waals surface area contributed by atoms with Crippen molar-refractivity contribution in [1.29, 1.82) is 0 Å². The van der Waals surface area contributed by atoms with Crippen LogP contribution < -0.4 is 10.1 Å². The Labute approximate surface area is 90.4 Å². The van der Waals surface area contributed by atoms with E-state index in [0.29, 0.717) is 17.7 Å². The molecule has 0 saturated heterocycles. The van der Waals surface area contributed by atoms with E-state index >= 15 is 0 Å². The molecule has 1 atom stereocenters. The first kappa shape index (κ1) is 12.0. The lowest BCUT2D eigenvalue weighted by Crippen LogP contribution is -2.27. The van der Waals surface area contributed by atoms with Gasteiger partial charge in [0.05, 0.1) is 7.11 Å². The number of benzene rings is 1. The van der Waals surface area contributed by atoms with E-state index in [1.165, 1.54) is 7.11 Å². The lowest BCUT2D eigenvalue weighted by atomic mass is 10.1. The largest absolute Gasteiger partial charge is 0.494 e. The molecule has 2 nitrogen and oxygen atoms in total. The SMILES string of the molecule is CCNC(C)Cc1cccc(OC)c1F. The average Bonchev–Trinajstić information content (AvgIpc) is 2.21. The fourth-order valence-corrected chi connectivity index (χ4v) is 1.62. The van der Waals surface area contributed by atoms with E-state index in [-0.39, 0.29) is 11.9 Å². The van der Waals surface area contributed by atoms with Crippen LogP contribution in [0.5, 0.6) is 5.75 Å². The summed E-state index contributed by atoms with van der Waals surface area (Å²) in [5, 5.41) is 3.25. The van der Waals surface area contributed by atoms with Crippen LogP contribution in [0.3, 0.4) is 0 Å². The number of halogens is 1. The molecule has 0 radical (unpaired) electrons. The Balaban J connectivity index is 2.76. The summed E-state index contributed by atoms with van der Waals surface area (Å²) in [7, 11) is 1.48. The zero-order valence-electron chi connectivity index (χ0n) is 9.51. The molecule has 0 aliphatic carbocycles. The fourth-order valence-electron chi connectivity index (χ4n) is 1.62. The molecule has 1 unspecified atom stereocenters. The zero-order chi connectivity index (χ0) is 11.3. The molecule has 1 aromatic carbocycles. The lowest BCUT2D eigenvalue weighted by molar-refractivity contribution is 0.383. The van der Waals surface area contributed by atoms with E-state index in [0.717, 1.165) is 6.54 Å². The molecule has 0 aliphatic heterocycles. The van der Waals surface area contributed by atoms with Gasteiger partial charge in [0, 0.05) is 6.04 Å². The highest BCUT2D eigenvalue weighted by atomic mass is 19.1. The Bertz CT molecular complexity index is 314. The van der Waals surface area contributed by atoms with Gasteiger partial charge >= 0.3 is 0 Å². The molecule has 3 heteroatoms. The van der Waals surface area contributed by atoms with Gasteiger partial charge in [-0.25, -0.2) is 4.39 Å². The maximum absolute atomic E-state index is 13.7. The van der Waals surface area contributed by atoms with E-state index < -0.39 is 0 Å². The van der Waals surface area contributed by atoms with Crippen LogP contribution >= 0.6 is 0 Å². The van der Waals surface area contributed by atoms with Crippen LogP contribution in [0.25, 0.3) is 0 Å². The number of ether oxygens (including phenoxy) is 1. The van der Waals surface area contributed by atoms with Gasteiger partial charge in [-0.05, 0) is 31.5 Å². The number of likely N-dealkylation sites (N-methyl/N-ethyl adjacent to an activating group) is 1. The first-order chi connectivity index (χ1) is 7.19. The Morgan fingerprint density at radius 2 is 2.20 bits per heavy atom. The molecule has 0 heterocycles. The first-order valence-corrected chi connectivity index (χ1v) is 5.23. The van der Waals surface area contributed by atoms with Gasteiger partial charge in [0.25, 0.3) is 0 Å². The van der Waals surface area contributed by atoms with E-state index in [2.05, 4.69) is 5.32 Å². The molecule has 0 aromatic heterocycles. The van der Waals surface area contributed by atoms with Gasteiger partial charge in [0.15, 0.2) is 11.6 Å². The second-order valence-electron chi connectivity index (χ2n) is 3.60. The van der Waals surface area contributed by atoms with Crippen LogP contribution in [0.4, 0.5) is 4.39 Å². The van der Waals surface area contributed by atoms with Gasteiger partial charge in [-0.3, -0.25) is 0 Å². The van der Waals surface area contributed by atoms with Crippen molar-refractivity contribution in [2.45, 2.75) is 26.3 Å². The molecule has 1 aromatic rings. The standard InChI is InChI=1S/C12H18FNO/c1-4-14-9(2)8-10-6-5-7-11(15-3)12(10)13/h5-7,9,14H,4,8H2,1-3H3. The Kier molecular flexibility index (Phi) is 4.56. The number of hydrogen-bond acceptors (Lipinski definition) is 2. The van der Waals surface area contributed by atoms with E-state index in [1.807, 2.05) is 19.9 Å². The molecule has 0 spiro atoms. The zero-order valence-corrected chi connectivity index (χ0v) is 9.51. The van der Waals surface area contributed by atoms with Gasteiger partial charge in [-0.2, -0.15) is 0 Å². The third-order valence-electron chi connectivity index (χ3n) is 2.34. The van der Waals surface area contributed by atoms with Crippen molar-refractivity contribution in [3.63, 3.8) is 0 Å². The quantitative estimate of drug-likeness (QED) is 0.807. The molecular formula is C12H18FNO. The third-order valence-corrected chi connectivity index (χ3v) is 2.34.